The van der Waals surface area contributed by atoms with Gasteiger partial charge in [0.05, 0.1) is 0 Å². The van der Waals surface area contributed by atoms with Crippen molar-refractivity contribution in [2.24, 2.45) is 5.92 Å². The normalized spacial score (nSPS) is 13.7. The van der Waals surface area contributed by atoms with Crippen molar-refractivity contribution in [2.75, 3.05) is 0 Å². The summed E-state index contributed by atoms with van der Waals surface area (Å²) in [6.07, 6.45) is 18.1. The molecule has 1 unspecified atom stereocenters. The summed E-state index contributed by atoms with van der Waals surface area (Å²) in [5, 5.41) is 15.0. The van der Waals surface area contributed by atoms with Gasteiger partial charge in [0.2, 0.25) is 0 Å². The first-order valence-corrected chi connectivity index (χ1v) is 47.3. The molecule has 0 aliphatic rings. The minimum atomic E-state index is -2.35. The van der Waals surface area contributed by atoms with Gasteiger partial charge < -0.3 is 0 Å². The van der Waals surface area contributed by atoms with Crippen molar-refractivity contribution < 1.29 is 0 Å². The topological polar surface area (TPSA) is 4.93 Å². The fourth-order valence-electron chi connectivity index (χ4n) is 10.0. The third kappa shape index (κ3) is 8.51. The van der Waals surface area contributed by atoms with Crippen molar-refractivity contribution in [3.05, 3.63) is 58.3 Å². The van der Waals surface area contributed by atoms with Gasteiger partial charge in [-0.1, -0.05) is 6.92 Å². The zero-order chi connectivity index (χ0) is 42.8. The Labute approximate surface area is 390 Å². The maximum absolute atomic E-state index is 2.82. The molecule has 4 aromatic carbocycles. The first-order valence-electron chi connectivity index (χ1n) is 24.0. The average Bonchev–Trinajstić information content (AvgIpc) is 4.07. The molecule has 0 saturated heterocycles. The van der Waals surface area contributed by atoms with Gasteiger partial charge in [-0.15, -0.1) is 0 Å². The second-order valence-electron chi connectivity index (χ2n) is 20.6. The molecule has 0 N–H and O–H groups in total. The van der Waals surface area contributed by atoms with Gasteiger partial charge in [0.15, 0.2) is 0 Å². The van der Waals surface area contributed by atoms with E-state index in [1.165, 1.54) is 174 Å². The molecule has 0 aliphatic heterocycles. The molecule has 61 heavy (non-hydrogen) atoms. The Kier molecular flexibility index (Phi) is 13.3. The van der Waals surface area contributed by atoms with E-state index in [4.69, 9.17) is 0 Å². The van der Waals surface area contributed by atoms with Crippen LogP contribution in [0.4, 0.5) is 0 Å². The Morgan fingerprint density at radius 3 is 1.23 bits per heavy atom. The summed E-state index contributed by atoms with van der Waals surface area (Å²) in [5.41, 5.74) is 2.90. The number of fused-ring (bicyclic) bond motifs is 15. The molecule has 7 heteroatoms. The number of aromatic nitrogens is 1. The predicted molar refractivity (Wildman–Crippen MR) is 291 cm³/mol. The molecule has 1 atom stereocenters. The van der Waals surface area contributed by atoms with Crippen molar-refractivity contribution in [1.29, 1.82) is 0 Å². The summed E-state index contributed by atoms with van der Waals surface area (Å²) >= 11 is 3.81. The van der Waals surface area contributed by atoms with Crippen molar-refractivity contribution in [3.8, 4) is 0 Å². The number of hydrogen-bond acceptors (Lipinski definition) is 4. The molecule has 5 aromatic heterocycles. The first-order chi connectivity index (χ1) is 29.3. The number of benzene rings is 4. The molecular formula is C54H69NS4Sn2. The van der Waals surface area contributed by atoms with Crippen LogP contribution in [0.2, 0.25) is 29.6 Å². The molecule has 9 aromatic rings. The van der Waals surface area contributed by atoms with Gasteiger partial charge in [0.25, 0.3) is 0 Å². The van der Waals surface area contributed by atoms with E-state index in [9.17, 15) is 0 Å². The number of unbranched alkanes of at least 4 members (excludes halogenated alkanes) is 7. The molecule has 0 bridgehead atoms. The molecule has 322 valence electrons. The van der Waals surface area contributed by atoms with Gasteiger partial charge in [-0.05, 0) is 0 Å². The van der Waals surface area contributed by atoms with Crippen LogP contribution < -0.4 is 5.79 Å². The number of nitrogens with zero attached hydrogens (tertiary/aromatic N) is 1. The Balaban J connectivity index is 1.37. The van der Waals surface area contributed by atoms with E-state index < -0.39 is 36.8 Å². The minimum absolute atomic E-state index is 0.668. The van der Waals surface area contributed by atoms with E-state index >= 15 is 0 Å². The van der Waals surface area contributed by atoms with E-state index in [0.717, 1.165) is 6.54 Å². The second-order valence-corrected chi connectivity index (χ2v) is 55.8. The Hall–Kier alpha value is -1.36. The average molecular weight is 1100 g/mol. The van der Waals surface area contributed by atoms with Gasteiger partial charge >= 0.3 is 387 Å². The Bertz CT molecular complexity index is 2850. The summed E-state index contributed by atoms with van der Waals surface area (Å²) < 4.78 is 12.3. The molecular weight excluding hydrogens is 1030 g/mol. The number of thiophene rings is 4. The molecule has 1 nitrogen and oxygen atoms in total. The summed E-state index contributed by atoms with van der Waals surface area (Å²) in [4.78, 5) is 18.8. The van der Waals surface area contributed by atoms with Gasteiger partial charge in [-0.25, -0.2) is 0 Å². The van der Waals surface area contributed by atoms with E-state index in [1.54, 1.807) is 15.5 Å². The van der Waals surface area contributed by atoms with Crippen LogP contribution in [0.3, 0.4) is 0 Å². The SMILES string of the molecule is CCCCCCc1cc2c3c[c]([Sn]([CH3])([CH3])[CH3])sc3c3cc4c(cc3c2s1)c1cc2c(cc1n4CC(CC)CCCC)c1s[c]([Sn]([CH3])([CH3])[CH3])cc1c1cc(CCCCCC)sc12. The van der Waals surface area contributed by atoms with Crippen LogP contribution in [0.25, 0.3) is 83.7 Å². The van der Waals surface area contributed by atoms with Crippen molar-refractivity contribution in [2.45, 2.75) is 154 Å². The van der Waals surface area contributed by atoms with Gasteiger partial charge in [-0.2, -0.15) is 0 Å². The third-order valence-electron chi connectivity index (χ3n) is 13.7. The van der Waals surface area contributed by atoms with Gasteiger partial charge in [0.1, 0.15) is 0 Å². The summed E-state index contributed by atoms with van der Waals surface area (Å²) in [7, 11) is 0. The van der Waals surface area contributed by atoms with Gasteiger partial charge in [0, 0.05) is 0 Å². The monoisotopic (exact) mass is 1100 g/mol. The van der Waals surface area contributed by atoms with E-state index in [2.05, 4.69) is 156 Å². The van der Waals surface area contributed by atoms with Crippen LogP contribution in [0.15, 0.2) is 48.5 Å². The van der Waals surface area contributed by atoms with E-state index in [1.807, 2.05) is 0 Å². The van der Waals surface area contributed by atoms with Crippen LogP contribution in [-0.2, 0) is 19.4 Å². The van der Waals surface area contributed by atoms with Crippen LogP contribution in [0.1, 0.15) is 114 Å². The van der Waals surface area contributed by atoms with Gasteiger partial charge in [-0.3, -0.25) is 0 Å². The van der Waals surface area contributed by atoms with Crippen LogP contribution in [0, 0.1) is 5.92 Å². The van der Waals surface area contributed by atoms with Crippen LogP contribution in [-0.4, -0.2) is 41.3 Å². The fraction of sp³-hybridized carbons (Fsp3) is 0.481. The van der Waals surface area contributed by atoms with Crippen molar-refractivity contribution in [1.82, 2.24) is 4.57 Å². The molecule has 0 spiro atoms. The molecule has 0 saturated carbocycles. The Morgan fingerprint density at radius 1 is 0.426 bits per heavy atom. The van der Waals surface area contributed by atoms with Crippen LogP contribution >= 0.6 is 45.3 Å². The first kappa shape index (κ1) is 44.8. The number of aryl methyl sites for hydroxylation is 2. The fourth-order valence-corrected chi connectivity index (χ4v) is 25.3. The molecule has 0 amide bonds. The molecule has 0 fully saturated rings. The number of hydrogen-bond donors (Lipinski definition) is 0. The quantitative estimate of drug-likeness (QED) is 0.0596. The maximum atomic E-state index is 2.82. The van der Waals surface area contributed by atoms with E-state index in [-0.39, 0.29) is 0 Å². The van der Waals surface area contributed by atoms with Crippen LogP contribution in [0.5, 0.6) is 0 Å². The van der Waals surface area contributed by atoms with Crippen molar-refractivity contribution in [3.63, 3.8) is 0 Å². The van der Waals surface area contributed by atoms with E-state index in [0.29, 0.717) is 5.92 Å². The van der Waals surface area contributed by atoms with Crippen molar-refractivity contribution >= 4 is 172 Å². The predicted octanol–water partition coefficient (Wildman–Crippen LogP) is 18.5. The summed E-state index contributed by atoms with van der Waals surface area (Å²) in [6.45, 7) is 10.5. The summed E-state index contributed by atoms with van der Waals surface area (Å²) in [6, 6.07) is 21.3. The second kappa shape index (κ2) is 18.1. The Morgan fingerprint density at radius 2 is 0.820 bits per heavy atom. The molecule has 0 radical (unpaired) electrons. The summed E-state index contributed by atoms with van der Waals surface area (Å²) in [5.74, 6) is 0.668. The number of rotatable bonds is 18. The zero-order valence-corrected chi connectivity index (χ0v) is 47.9. The molecule has 5 heterocycles. The molecule has 9 rings (SSSR count). The zero-order valence-electron chi connectivity index (χ0n) is 38.9. The third-order valence-corrected chi connectivity index (χ3v) is 37.4. The molecule has 0 aliphatic carbocycles. The standard InChI is InChI=1S/C48H51NS4.6CH3.2Sn/c1-5-9-12-14-17-31-23-37-33-19-21-50-45(33)41-27-43-35(25-39(41)47(37)52-31)36-26-40-42(28-44(36)49(43)29-30(8-4)16-11-7-3)46-34(20-22-51-46)38-24-32(53-48(38)40)18-15-13-10-6-2;;;;;;;;/h19-20,23-28,30H,5-18,29H2,1-4H3;6*1H3;;.